The molecule has 14 heavy (non-hydrogen) atoms. The number of halogens is 1. The van der Waals surface area contributed by atoms with E-state index in [1.807, 2.05) is 13.0 Å². The van der Waals surface area contributed by atoms with Gasteiger partial charge in [0.25, 0.3) is 0 Å². The Morgan fingerprint density at radius 2 is 2.21 bits per heavy atom. The average Bonchev–Trinajstić information content (AvgIpc) is 2.59. The number of hydrogen-bond donors (Lipinski definition) is 0. The molecular formula is C11H9ClO2. The Bertz CT molecular complexity index is 485. The van der Waals surface area contributed by atoms with Crippen molar-refractivity contribution >= 4 is 28.9 Å². The Morgan fingerprint density at radius 3 is 2.86 bits per heavy atom. The molecule has 0 spiro atoms. The van der Waals surface area contributed by atoms with E-state index in [2.05, 4.69) is 0 Å². The molecule has 2 aromatic rings. The van der Waals surface area contributed by atoms with Gasteiger partial charge < -0.3 is 4.42 Å². The van der Waals surface area contributed by atoms with Crippen LogP contribution in [0.3, 0.4) is 0 Å². The van der Waals surface area contributed by atoms with E-state index in [-0.39, 0.29) is 0 Å². The third kappa shape index (κ3) is 1.42. The van der Waals surface area contributed by atoms with Crippen LogP contribution in [0.1, 0.15) is 23.0 Å². The Balaban J connectivity index is 2.77. The summed E-state index contributed by atoms with van der Waals surface area (Å²) in [6.45, 7) is 2.02. The summed E-state index contributed by atoms with van der Waals surface area (Å²) in [5.74, 6) is 0.344. The lowest BCUT2D eigenvalue weighted by molar-refractivity contribution is 0.110. The van der Waals surface area contributed by atoms with Crippen LogP contribution in [-0.4, -0.2) is 6.29 Å². The molecule has 0 atom stereocenters. The van der Waals surface area contributed by atoms with Crippen molar-refractivity contribution in [2.24, 2.45) is 0 Å². The summed E-state index contributed by atoms with van der Waals surface area (Å²) in [5, 5.41) is 1.56. The van der Waals surface area contributed by atoms with Gasteiger partial charge in [0.15, 0.2) is 12.0 Å². The maximum atomic E-state index is 10.5. The predicted octanol–water partition coefficient (Wildman–Crippen LogP) is 3.46. The SMILES string of the molecule is CCc1cc(Cl)cc2cc(C=O)oc12. The second-order valence-corrected chi connectivity index (χ2v) is 3.54. The van der Waals surface area contributed by atoms with E-state index in [1.165, 1.54) is 0 Å². The zero-order valence-electron chi connectivity index (χ0n) is 7.71. The fourth-order valence-electron chi connectivity index (χ4n) is 1.53. The van der Waals surface area contributed by atoms with Gasteiger partial charge in [-0.3, -0.25) is 4.79 Å². The first-order valence-electron chi connectivity index (χ1n) is 4.41. The number of carbonyl (C=O) groups excluding carboxylic acids is 1. The number of hydrogen-bond acceptors (Lipinski definition) is 2. The van der Waals surface area contributed by atoms with Gasteiger partial charge in [-0.05, 0) is 30.2 Å². The first-order chi connectivity index (χ1) is 6.74. The van der Waals surface area contributed by atoms with E-state index >= 15 is 0 Å². The topological polar surface area (TPSA) is 30.2 Å². The second-order valence-electron chi connectivity index (χ2n) is 3.10. The van der Waals surface area contributed by atoms with Gasteiger partial charge in [-0.2, -0.15) is 0 Å². The number of fused-ring (bicyclic) bond motifs is 1. The summed E-state index contributed by atoms with van der Waals surface area (Å²) < 4.78 is 5.37. The van der Waals surface area contributed by atoms with E-state index in [9.17, 15) is 4.79 Å². The molecule has 1 aromatic carbocycles. The van der Waals surface area contributed by atoms with Crippen molar-refractivity contribution in [3.8, 4) is 0 Å². The molecule has 0 fully saturated rings. The van der Waals surface area contributed by atoms with E-state index < -0.39 is 0 Å². The molecule has 0 amide bonds. The van der Waals surface area contributed by atoms with Crippen LogP contribution in [0.2, 0.25) is 5.02 Å². The molecule has 1 heterocycles. The Hall–Kier alpha value is -1.28. The normalized spacial score (nSPS) is 10.7. The zero-order chi connectivity index (χ0) is 10.1. The highest BCUT2D eigenvalue weighted by Gasteiger charge is 2.08. The fourth-order valence-corrected chi connectivity index (χ4v) is 1.78. The molecule has 0 aliphatic heterocycles. The van der Waals surface area contributed by atoms with Crippen molar-refractivity contribution in [1.29, 1.82) is 0 Å². The summed E-state index contributed by atoms with van der Waals surface area (Å²) in [6, 6.07) is 5.36. The van der Waals surface area contributed by atoms with Crippen LogP contribution in [0, 0.1) is 0 Å². The summed E-state index contributed by atoms with van der Waals surface area (Å²) in [5.41, 5.74) is 1.79. The molecule has 2 nitrogen and oxygen atoms in total. The summed E-state index contributed by atoms with van der Waals surface area (Å²) in [6.07, 6.45) is 1.54. The van der Waals surface area contributed by atoms with Gasteiger partial charge in [0.1, 0.15) is 5.58 Å². The van der Waals surface area contributed by atoms with Gasteiger partial charge in [0, 0.05) is 10.4 Å². The van der Waals surface area contributed by atoms with Crippen LogP contribution in [0.4, 0.5) is 0 Å². The van der Waals surface area contributed by atoms with Crippen molar-refractivity contribution in [2.45, 2.75) is 13.3 Å². The van der Waals surface area contributed by atoms with Crippen molar-refractivity contribution in [3.05, 3.63) is 34.5 Å². The number of benzene rings is 1. The van der Waals surface area contributed by atoms with Crippen molar-refractivity contribution in [1.82, 2.24) is 0 Å². The third-order valence-corrected chi connectivity index (χ3v) is 2.39. The van der Waals surface area contributed by atoms with Gasteiger partial charge in [-0.1, -0.05) is 18.5 Å². The molecule has 0 saturated carbocycles. The summed E-state index contributed by atoms with van der Waals surface area (Å²) >= 11 is 5.93. The molecule has 2 rings (SSSR count). The quantitative estimate of drug-likeness (QED) is 0.708. The van der Waals surface area contributed by atoms with Gasteiger partial charge in [-0.25, -0.2) is 0 Å². The molecule has 0 N–H and O–H groups in total. The number of rotatable bonds is 2. The highest BCUT2D eigenvalue weighted by atomic mass is 35.5. The number of carbonyl (C=O) groups is 1. The Labute approximate surface area is 86.5 Å². The Morgan fingerprint density at radius 1 is 1.43 bits per heavy atom. The van der Waals surface area contributed by atoms with Crippen LogP contribution >= 0.6 is 11.6 Å². The first kappa shape index (κ1) is 9.28. The van der Waals surface area contributed by atoms with Crippen LogP contribution in [0.15, 0.2) is 22.6 Å². The average molecular weight is 209 g/mol. The van der Waals surface area contributed by atoms with Crippen LogP contribution < -0.4 is 0 Å². The standard InChI is InChI=1S/C11H9ClO2/c1-2-7-3-9(12)4-8-5-10(6-13)14-11(7)8/h3-6H,2H2,1H3. The van der Waals surface area contributed by atoms with Gasteiger partial charge in [0.2, 0.25) is 0 Å². The maximum Gasteiger partial charge on any atom is 0.185 e. The molecule has 0 saturated heterocycles. The summed E-state index contributed by atoms with van der Waals surface area (Å²) in [4.78, 5) is 10.5. The molecular weight excluding hydrogens is 200 g/mol. The van der Waals surface area contributed by atoms with Crippen LogP contribution in [0.25, 0.3) is 11.0 Å². The minimum atomic E-state index is 0.344. The van der Waals surface area contributed by atoms with Crippen LogP contribution in [-0.2, 0) is 6.42 Å². The van der Waals surface area contributed by atoms with Gasteiger partial charge >= 0.3 is 0 Å². The van der Waals surface area contributed by atoms with Gasteiger partial charge in [0.05, 0.1) is 0 Å². The van der Waals surface area contributed by atoms with E-state index in [0.29, 0.717) is 17.1 Å². The zero-order valence-corrected chi connectivity index (χ0v) is 8.47. The Kier molecular flexibility index (Phi) is 2.30. The number of furan rings is 1. The lowest BCUT2D eigenvalue weighted by Gasteiger charge is -1.98. The van der Waals surface area contributed by atoms with E-state index in [0.717, 1.165) is 23.0 Å². The van der Waals surface area contributed by atoms with E-state index in [1.54, 1.807) is 12.1 Å². The van der Waals surface area contributed by atoms with Crippen molar-refractivity contribution < 1.29 is 9.21 Å². The fraction of sp³-hybridized carbons (Fsp3) is 0.182. The molecule has 0 aliphatic carbocycles. The lowest BCUT2D eigenvalue weighted by atomic mass is 10.1. The van der Waals surface area contributed by atoms with Crippen molar-refractivity contribution in [3.63, 3.8) is 0 Å². The van der Waals surface area contributed by atoms with Crippen molar-refractivity contribution in [2.75, 3.05) is 0 Å². The molecule has 0 unspecified atom stereocenters. The first-order valence-corrected chi connectivity index (χ1v) is 4.79. The smallest absolute Gasteiger partial charge is 0.185 e. The minimum Gasteiger partial charge on any atom is -0.453 e. The summed E-state index contributed by atoms with van der Waals surface area (Å²) in [7, 11) is 0. The maximum absolute atomic E-state index is 10.5. The minimum absolute atomic E-state index is 0.344. The third-order valence-electron chi connectivity index (χ3n) is 2.17. The molecule has 72 valence electrons. The number of aldehydes is 1. The largest absolute Gasteiger partial charge is 0.453 e. The molecule has 1 aromatic heterocycles. The molecule has 0 aliphatic rings. The van der Waals surface area contributed by atoms with E-state index in [4.69, 9.17) is 16.0 Å². The van der Waals surface area contributed by atoms with Gasteiger partial charge in [-0.15, -0.1) is 0 Å². The predicted molar refractivity (Wildman–Crippen MR) is 56.0 cm³/mol. The van der Waals surface area contributed by atoms with Crippen LogP contribution in [0.5, 0.6) is 0 Å². The highest BCUT2D eigenvalue weighted by molar-refractivity contribution is 6.31. The monoisotopic (exact) mass is 208 g/mol. The molecule has 0 radical (unpaired) electrons. The lowest BCUT2D eigenvalue weighted by Crippen LogP contribution is -1.80. The number of aryl methyl sites for hydroxylation is 1. The molecule has 0 bridgehead atoms. The molecule has 3 heteroatoms. The second kappa shape index (κ2) is 3.46. The highest BCUT2D eigenvalue weighted by Crippen LogP contribution is 2.26.